The molecular weight excluding hydrogens is 461 g/mol. The molecule has 6 nitrogen and oxygen atoms in total. The van der Waals surface area contributed by atoms with E-state index in [1.165, 1.54) is 34.8 Å². The van der Waals surface area contributed by atoms with Crippen LogP contribution in [0.5, 0.6) is 0 Å². The summed E-state index contributed by atoms with van der Waals surface area (Å²) in [5, 5.41) is 0. The van der Waals surface area contributed by atoms with Crippen molar-refractivity contribution in [2.45, 2.75) is 53.9 Å². The number of aromatic nitrogens is 4. The first-order valence-electron chi connectivity index (χ1n) is 12.2. The number of halogens is 1. The van der Waals surface area contributed by atoms with Crippen molar-refractivity contribution in [2.75, 3.05) is 18.0 Å². The molecular formula is C27H36FN5OS. The number of ketones is 1. The minimum Gasteiger partial charge on any atom is -0.355 e. The van der Waals surface area contributed by atoms with Crippen molar-refractivity contribution < 1.29 is 9.18 Å². The molecule has 0 radical (unpaired) electrons. The predicted molar refractivity (Wildman–Crippen MR) is 144 cm³/mol. The lowest BCUT2D eigenvalue weighted by molar-refractivity contribution is -0.121. The molecule has 1 fully saturated rings. The van der Waals surface area contributed by atoms with Crippen LogP contribution < -0.4 is 4.90 Å². The van der Waals surface area contributed by atoms with E-state index in [1.807, 2.05) is 42.5 Å². The third kappa shape index (κ3) is 8.55. The molecule has 1 saturated heterocycles. The normalized spacial score (nSPS) is 12.3. The molecule has 4 aromatic rings. The first-order valence-corrected chi connectivity index (χ1v) is 13.1. The van der Waals surface area contributed by atoms with Crippen LogP contribution in [-0.2, 0) is 17.6 Å². The van der Waals surface area contributed by atoms with Gasteiger partial charge in [-0.2, -0.15) is 0 Å². The Labute approximate surface area is 211 Å². The highest BCUT2D eigenvalue weighted by atomic mass is 32.1. The molecule has 1 aliphatic heterocycles. The van der Waals surface area contributed by atoms with E-state index >= 15 is 0 Å². The van der Waals surface area contributed by atoms with Crippen molar-refractivity contribution in [1.82, 2.24) is 19.9 Å². The van der Waals surface area contributed by atoms with Crippen LogP contribution in [0.25, 0.3) is 10.2 Å². The number of nitrogens with one attached hydrogen (secondary N) is 1. The van der Waals surface area contributed by atoms with Gasteiger partial charge in [0.2, 0.25) is 0 Å². The van der Waals surface area contributed by atoms with Crippen molar-refractivity contribution in [3.05, 3.63) is 71.6 Å². The number of hydrogen-bond donors (Lipinski definition) is 1. The Morgan fingerprint density at radius 3 is 2.46 bits per heavy atom. The first-order chi connectivity index (χ1) is 17.0. The number of hydrogen-bond acceptors (Lipinski definition) is 6. The largest absolute Gasteiger partial charge is 0.355 e. The van der Waals surface area contributed by atoms with Gasteiger partial charge >= 0.3 is 0 Å². The lowest BCUT2D eigenvalue weighted by Gasteiger charge is -2.38. The van der Waals surface area contributed by atoms with Crippen LogP contribution in [0, 0.1) is 11.7 Å². The van der Waals surface area contributed by atoms with E-state index in [4.69, 9.17) is 0 Å². The van der Waals surface area contributed by atoms with Gasteiger partial charge in [0, 0.05) is 18.8 Å². The average Bonchev–Trinajstić information content (AvgIpc) is 3.51. The fraction of sp³-hybridized carbons (Fsp3) is 0.407. The van der Waals surface area contributed by atoms with Gasteiger partial charge in [0.15, 0.2) is 0 Å². The van der Waals surface area contributed by atoms with E-state index in [0.717, 1.165) is 24.2 Å². The second-order valence-electron chi connectivity index (χ2n) is 7.80. The molecule has 8 heteroatoms. The standard InChI is InChI=1S/C10H11FN2O.C8H14N2.C7H5NS.C2H6/c1-7(14)8-5-13(6-8)10-3-2-9(11)4-12-10;1-3-5-8-7(4-2)9-6-10-8;1-2-4-7-6(3-1)8-5-9-7;1-2/h2-4,8H,5-6H2,1H3;6H,3-5H2,1-2H3,(H,9,10);1-5H;1-2H3. The zero-order chi connectivity index (χ0) is 25.6. The van der Waals surface area contributed by atoms with Crippen LogP contribution in [0.15, 0.2) is 54.4 Å². The van der Waals surface area contributed by atoms with Crippen LogP contribution in [0.1, 0.15) is 52.4 Å². The Morgan fingerprint density at radius 2 is 1.86 bits per heavy atom. The third-order valence-electron chi connectivity index (χ3n) is 5.37. The molecule has 0 bridgehead atoms. The highest BCUT2D eigenvalue weighted by molar-refractivity contribution is 7.16. The summed E-state index contributed by atoms with van der Waals surface area (Å²) in [6.07, 6.45) is 6.33. The highest BCUT2D eigenvalue weighted by Gasteiger charge is 2.30. The summed E-state index contributed by atoms with van der Waals surface area (Å²) in [7, 11) is 0. The number of nitrogens with zero attached hydrogens (tertiary/aromatic N) is 4. The molecule has 0 saturated carbocycles. The fourth-order valence-corrected chi connectivity index (χ4v) is 4.08. The Hall–Kier alpha value is -3.13. The van der Waals surface area contributed by atoms with E-state index in [9.17, 15) is 9.18 Å². The number of carbonyl (C=O) groups is 1. The summed E-state index contributed by atoms with van der Waals surface area (Å²) < 4.78 is 13.8. The van der Waals surface area contributed by atoms with Crippen molar-refractivity contribution in [2.24, 2.45) is 5.92 Å². The summed E-state index contributed by atoms with van der Waals surface area (Å²) >= 11 is 1.68. The summed E-state index contributed by atoms with van der Waals surface area (Å²) in [6.45, 7) is 11.3. The maximum absolute atomic E-state index is 12.5. The quantitative estimate of drug-likeness (QED) is 0.341. The van der Waals surface area contributed by atoms with Gasteiger partial charge in [-0.3, -0.25) is 4.79 Å². The number of rotatable bonds is 5. The van der Waals surface area contributed by atoms with Crippen molar-refractivity contribution in [1.29, 1.82) is 0 Å². The van der Waals surface area contributed by atoms with Gasteiger partial charge < -0.3 is 9.88 Å². The molecule has 1 N–H and O–H groups in total. The van der Waals surface area contributed by atoms with Crippen LogP contribution in [0.3, 0.4) is 0 Å². The van der Waals surface area contributed by atoms with Gasteiger partial charge in [-0.1, -0.05) is 46.2 Å². The monoisotopic (exact) mass is 497 g/mol. The van der Waals surface area contributed by atoms with Crippen LogP contribution in [0.4, 0.5) is 10.2 Å². The Balaban J connectivity index is 0.000000184. The summed E-state index contributed by atoms with van der Waals surface area (Å²) in [5.74, 6) is 0.742. The SMILES string of the molecule is CC.CC(=O)C1CN(c2ccc(F)cn2)C1.CCCc1[nH]cnc1CC.c1ccc2scnc2c1. The van der Waals surface area contributed by atoms with Crippen molar-refractivity contribution in [3.8, 4) is 0 Å². The first kappa shape index (κ1) is 28.1. The molecule has 4 heterocycles. The third-order valence-corrected chi connectivity index (χ3v) is 6.18. The van der Waals surface area contributed by atoms with Crippen molar-refractivity contribution >= 4 is 33.2 Å². The molecule has 3 aromatic heterocycles. The fourth-order valence-electron chi connectivity index (χ4n) is 3.40. The van der Waals surface area contributed by atoms with Gasteiger partial charge in [0.25, 0.3) is 0 Å². The van der Waals surface area contributed by atoms with E-state index < -0.39 is 0 Å². The number of imidazole rings is 1. The van der Waals surface area contributed by atoms with Crippen LogP contribution >= 0.6 is 11.3 Å². The minimum absolute atomic E-state index is 0.127. The molecule has 0 unspecified atom stereocenters. The van der Waals surface area contributed by atoms with E-state index in [-0.39, 0.29) is 17.5 Å². The topological polar surface area (TPSA) is 74.8 Å². The number of pyridine rings is 1. The summed E-state index contributed by atoms with van der Waals surface area (Å²) in [5.41, 5.74) is 5.50. The van der Waals surface area contributed by atoms with Crippen molar-refractivity contribution in [3.63, 3.8) is 0 Å². The number of fused-ring (bicyclic) bond motifs is 1. The van der Waals surface area contributed by atoms with Gasteiger partial charge in [-0.15, -0.1) is 11.3 Å². The number of Topliss-reactive ketones (excluding diaryl/α,β-unsaturated/α-hetero) is 1. The highest BCUT2D eigenvalue weighted by Crippen LogP contribution is 2.22. The Morgan fingerprint density at radius 1 is 1.11 bits per heavy atom. The number of aryl methyl sites for hydroxylation is 2. The van der Waals surface area contributed by atoms with Gasteiger partial charge in [-0.25, -0.2) is 19.3 Å². The lowest BCUT2D eigenvalue weighted by atomic mass is 9.96. The smallest absolute Gasteiger partial charge is 0.141 e. The predicted octanol–water partition coefficient (Wildman–Crippen LogP) is 6.49. The second kappa shape index (κ2) is 15.0. The van der Waals surface area contributed by atoms with Gasteiger partial charge in [0.05, 0.1) is 39.9 Å². The average molecular weight is 498 g/mol. The number of benzene rings is 1. The molecule has 0 atom stereocenters. The number of carbonyl (C=O) groups excluding carboxylic acids is 1. The number of aromatic amines is 1. The summed E-state index contributed by atoms with van der Waals surface area (Å²) in [6, 6.07) is 11.1. The lowest BCUT2D eigenvalue weighted by Crippen LogP contribution is -2.50. The Bertz CT molecular complexity index is 1110. The molecule has 1 aromatic carbocycles. The Kier molecular flexibility index (Phi) is 12.0. The molecule has 0 spiro atoms. The zero-order valence-electron chi connectivity index (χ0n) is 21.3. The molecule has 5 rings (SSSR count). The zero-order valence-corrected chi connectivity index (χ0v) is 22.1. The number of anilines is 1. The number of para-hydroxylation sites is 1. The molecule has 35 heavy (non-hydrogen) atoms. The maximum Gasteiger partial charge on any atom is 0.141 e. The number of thiazole rings is 1. The van der Waals surface area contributed by atoms with Crippen LogP contribution in [0.2, 0.25) is 0 Å². The molecule has 1 aliphatic rings. The maximum atomic E-state index is 12.5. The van der Waals surface area contributed by atoms with E-state index in [2.05, 4.69) is 39.8 Å². The minimum atomic E-state index is -0.336. The van der Waals surface area contributed by atoms with Gasteiger partial charge in [-0.05, 0) is 44.0 Å². The van der Waals surface area contributed by atoms with E-state index in [1.54, 1.807) is 30.7 Å². The van der Waals surface area contributed by atoms with Crippen LogP contribution in [-0.4, -0.2) is 38.8 Å². The molecule has 188 valence electrons. The molecule has 0 aliphatic carbocycles. The summed E-state index contributed by atoms with van der Waals surface area (Å²) in [4.78, 5) is 28.3. The van der Waals surface area contributed by atoms with E-state index in [0.29, 0.717) is 13.1 Å². The van der Waals surface area contributed by atoms with Gasteiger partial charge in [0.1, 0.15) is 17.4 Å². The number of H-pyrrole nitrogens is 1. The molecule has 0 amide bonds. The second-order valence-corrected chi connectivity index (χ2v) is 8.68.